The minimum Gasteiger partial charge on any atom is -0.423 e. The molecule has 0 aliphatic rings. The van der Waals surface area contributed by atoms with E-state index in [1.54, 1.807) is 36.4 Å². The zero-order valence-electron chi connectivity index (χ0n) is 18.3. The fraction of sp³-hybridized carbons (Fsp3) is 0. The molecule has 168 valence electrons. The van der Waals surface area contributed by atoms with Crippen molar-refractivity contribution in [1.29, 1.82) is 0 Å². The zero-order chi connectivity index (χ0) is 24.2. The lowest BCUT2D eigenvalue weighted by Crippen LogP contribution is -2.08. The second-order valence-corrected chi connectivity index (χ2v) is 6.91. The second-order valence-electron chi connectivity index (χ2n) is 6.91. The lowest BCUT2D eigenvalue weighted by atomic mass is 10.0. The van der Waals surface area contributed by atoms with E-state index in [1.807, 2.05) is 66.7 Å². The highest BCUT2D eigenvalue weighted by atomic mass is 16.5. The van der Waals surface area contributed by atoms with Crippen LogP contribution in [0.2, 0.25) is 0 Å². The predicted octanol–water partition coefficient (Wildman–Crippen LogP) is 5.91. The van der Waals surface area contributed by atoms with Crippen LogP contribution in [0.5, 0.6) is 11.5 Å². The number of hydrogen-bond acceptors (Lipinski definition) is 5. The summed E-state index contributed by atoms with van der Waals surface area (Å²) >= 11 is 0. The molecule has 0 heterocycles. The van der Waals surface area contributed by atoms with Gasteiger partial charge in [-0.1, -0.05) is 85.4 Å². The van der Waals surface area contributed by atoms with Crippen molar-refractivity contribution >= 4 is 17.7 Å². The quantitative estimate of drug-likeness (QED) is 0.158. The predicted molar refractivity (Wildman–Crippen MR) is 130 cm³/mol. The first-order valence-corrected chi connectivity index (χ1v) is 10.4. The van der Waals surface area contributed by atoms with Gasteiger partial charge in [0.25, 0.3) is 0 Å². The van der Waals surface area contributed by atoms with Crippen molar-refractivity contribution in [3.63, 3.8) is 0 Å². The number of carbonyl (C=O) groups is 3. The van der Waals surface area contributed by atoms with Gasteiger partial charge in [-0.15, -0.1) is 0 Å². The summed E-state index contributed by atoms with van der Waals surface area (Å²) in [7, 11) is 0. The van der Waals surface area contributed by atoms with E-state index in [4.69, 9.17) is 9.47 Å². The Labute approximate surface area is 197 Å². The Hall–Kier alpha value is -4.77. The monoisotopic (exact) mass is 450 g/mol. The van der Waals surface area contributed by atoms with Gasteiger partial charge in [-0.05, 0) is 36.4 Å². The van der Waals surface area contributed by atoms with Crippen LogP contribution in [-0.4, -0.2) is 17.7 Å². The summed E-state index contributed by atoms with van der Waals surface area (Å²) in [6, 6.07) is 33.5. The number of hydrogen-bond donors (Lipinski definition) is 0. The summed E-state index contributed by atoms with van der Waals surface area (Å²) < 4.78 is 10.1. The molecule has 4 rings (SSSR count). The summed E-state index contributed by atoms with van der Waals surface area (Å²) in [6.45, 7) is 3.30. The van der Waals surface area contributed by atoms with Gasteiger partial charge >= 0.3 is 11.9 Å². The summed E-state index contributed by atoms with van der Waals surface area (Å²) in [5.41, 5.74) is 1.94. The molecule has 0 N–H and O–H groups in total. The van der Waals surface area contributed by atoms with Crippen molar-refractivity contribution in [2.24, 2.45) is 0 Å². The fourth-order valence-corrected chi connectivity index (χ4v) is 2.82. The summed E-state index contributed by atoms with van der Waals surface area (Å²) in [4.78, 5) is 34.7. The van der Waals surface area contributed by atoms with Crippen LogP contribution in [-0.2, 0) is 4.79 Å². The average Bonchev–Trinajstić information content (AvgIpc) is 2.91. The number of rotatable bonds is 6. The molecular formula is C29H22O5. The van der Waals surface area contributed by atoms with Crippen molar-refractivity contribution in [1.82, 2.24) is 0 Å². The van der Waals surface area contributed by atoms with E-state index in [1.165, 1.54) is 12.1 Å². The molecule has 5 nitrogen and oxygen atoms in total. The molecular weight excluding hydrogens is 428 g/mol. The molecule has 0 saturated carbocycles. The first-order chi connectivity index (χ1) is 16.6. The summed E-state index contributed by atoms with van der Waals surface area (Å²) in [5, 5.41) is 0. The number of esters is 2. The zero-order valence-corrected chi connectivity index (χ0v) is 18.3. The van der Waals surface area contributed by atoms with Crippen LogP contribution >= 0.6 is 0 Å². The molecule has 0 atom stereocenters. The maximum atomic E-state index is 11.8. The van der Waals surface area contributed by atoms with Crippen LogP contribution in [0.25, 0.3) is 0 Å². The number of carbonyl (C=O) groups excluding carboxylic acids is 3. The molecule has 0 aromatic heterocycles. The average molecular weight is 450 g/mol. The maximum absolute atomic E-state index is 11.8. The number of ketones is 1. The lowest BCUT2D eigenvalue weighted by Gasteiger charge is -2.05. The van der Waals surface area contributed by atoms with E-state index in [2.05, 4.69) is 6.58 Å². The van der Waals surface area contributed by atoms with Crippen molar-refractivity contribution in [3.05, 3.63) is 145 Å². The Morgan fingerprint density at radius 2 is 0.912 bits per heavy atom. The van der Waals surface area contributed by atoms with Crippen molar-refractivity contribution in [3.8, 4) is 11.5 Å². The smallest absolute Gasteiger partial charge is 0.343 e. The Morgan fingerprint density at radius 1 is 0.529 bits per heavy atom. The summed E-state index contributed by atoms with van der Waals surface area (Å²) in [5.74, 6) is -0.182. The Bertz CT molecular complexity index is 1190. The van der Waals surface area contributed by atoms with Gasteiger partial charge in [-0.3, -0.25) is 4.79 Å². The highest BCUT2D eigenvalue weighted by Crippen LogP contribution is 2.19. The lowest BCUT2D eigenvalue weighted by molar-refractivity contribution is -0.128. The van der Waals surface area contributed by atoms with Crippen LogP contribution in [0.1, 0.15) is 26.3 Å². The molecule has 4 aromatic carbocycles. The molecule has 0 bridgehead atoms. The first-order valence-electron chi connectivity index (χ1n) is 10.4. The van der Waals surface area contributed by atoms with Crippen LogP contribution in [0, 0.1) is 0 Å². The van der Waals surface area contributed by atoms with E-state index < -0.39 is 11.9 Å². The highest BCUT2D eigenvalue weighted by molar-refractivity contribution is 6.08. The van der Waals surface area contributed by atoms with E-state index in [0.717, 1.165) is 17.2 Å². The number of ether oxygens (including phenoxy) is 2. The SMILES string of the molecule is C=CC(=O)Oc1ccc(OC(=O)c2ccccc2)cc1.O=C(c1ccccc1)c1ccccc1. The summed E-state index contributed by atoms with van der Waals surface area (Å²) in [6.07, 6.45) is 1.07. The van der Waals surface area contributed by atoms with Gasteiger partial charge < -0.3 is 9.47 Å². The molecule has 34 heavy (non-hydrogen) atoms. The normalized spacial score (nSPS) is 9.65. The fourth-order valence-electron chi connectivity index (χ4n) is 2.82. The minimum absolute atomic E-state index is 0.0752. The molecule has 0 amide bonds. The second kappa shape index (κ2) is 12.3. The van der Waals surface area contributed by atoms with Crippen LogP contribution in [0.3, 0.4) is 0 Å². The van der Waals surface area contributed by atoms with Crippen molar-refractivity contribution in [2.45, 2.75) is 0 Å². The van der Waals surface area contributed by atoms with Gasteiger partial charge in [-0.2, -0.15) is 0 Å². The van der Waals surface area contributed by atoms with Crippen LogP contribution in [0.15, 0.2) is 128 Å². The molecule has 0 fully saturated rings. The molecule has 0 aliphatic heterocycles. The van der Waals surface area contributed by atoms with Gasteiger partial charge in [0.1, 0.15) is 11.5 Å². The van der Waals surface area contributed by atoms with E-state index in [0.29, 0.717) is 17.1 Å². The van der Waals surface area contributed by atoms with Gasteiger partial charge in [0.15, 0.2) is 5.78 Å². The molecule has 5 heteroatoms. The number of benzene rings is 4. The minimum atomic E-state index is -0.543. The molecule has 0 radical (unpaired) electrons. The Morgan fingerprint density at radius 3 is 1.32 bits per heavy atom. The van der Waals surface area contributed by atoms with E-state index in [9.17, 15) is 14.4 Å². The third kappa shape index (κ3) is 7.14. The molecule has 4 aromatic rings. The highest BCUT2D eigenvalue weighted by Gasteiger charge is 2.08. The molecule has 0 aliphatic carbocycles. The van der Waals surface area contributed by atoms with E-state index >= 15 is 0 Å². The largest absolute Gasteiger partial charge is 0.423 e. The molecule has 0 unspecified atom stereocenters. The molecule has 0 spiro atoms. The van der Waals surface area contributed by atoms with Crippen molar-refractivity contribution < 1.29 is 23.9 Å². The van der Waals surface area contributed by atoms with Crippen LogP contribution in [0.4, 0.5) is 0 Å². The standard InChI is InChI=1S/C16H12O4.C13H10O/c1-2-15(17)19-13-8-10-14(11-9-13)20-16(18)12-6-4-3-5-7-12;14-13(11-7-3-1-4-8-11)12-9-5-2-6-10-12/h2-11H,1H2;1-10H. The van der Waals surface area contributed by atoms with Crippen LogP contribution < -0.4 is 9.47 Å². The topological polar surface area (TPSA) is 69.7 Å². The molecule has 0 saturated heterocycles. The third-order valence-corrected chi connectivity index (χ3v) is 4.50. The van der Waals surface area contributed by atoms with E-state index in [-0.39, 0.29) is 5.78 Å². The van der Waals surface area contributed by atoms with Crippen molar-refractivity contribution in [2.75, 3.05) is 0 Å². The van der Waals surface area contributed by atoms with Gasteiger partial charge in [-0.25, -0.2) is 9.59 Å². The van der Waals surface area contributed by atoms with Gasteiger partial charge in [0.05, 0.1) is 5.56 Å². The maximum Gasteiger partial charge on any atom is 0.343 e. The Balaban J connectivity index is 0.000000202. The van der Waals surface area contributed by atoms with Gasteiger partial charge in [0, 0.05) is 17.2 Å². The first kappa shape index (κ1) is 23.9. The third-order valence-electron chi connectivity index (χ3n) is 4.50. The van der Waals surface area contributed by atoms with Gasteiger partial charge in [0.2, 0.25) is 0 Å². The Kier molecular flexibility index (Phi) is 8.65.